The first kappa shape index (κ1) is 21.2. The van der Waals surface area contributed by atoms with Crippen LogP contribution in [-0.2, 0) is 27.2 Å². The van der Waals surface area contributed by atoms with E-state index in [9.17, 15) is 9.59 Å². The predicted octanol–water partition coefficient (Wildman–Crippen LogP) is 2.69. The molecule has 2 aromatic rings. The first-order chi connectivity index (χ1) is 14.0. The maximum Gasteiger partial charge on any atom is 0.328 e. The van der Waals surface area contributed by atoms with Crippen LogP contribution in [0.4, 0.5) is 0 Å². The number of aryl methyl sites for hydroxylation is 1. The second-order valence-electron chi connectivity index (χ2n) is 6.78. The molecular formula is C21H24N2O5S. The van der Waals surface area contributed by atoms with Crippen LogP contribution in [0.25, 0.3) is 11.3 Å². The van der Waals surface area contributed by atoms with Crippen LogP contribution in [0, 0.1) is 0 Å². The highest BCUT2D eigenvalue weighted by Gasteiger charge is 2.22. The van der Waals surface area contributed by atoms with Crippen molar-refractivity contribution in [1.82, 2.24) is 9.88 Å². The third kappa shape index (κ3) is 6.22. The van der Waals surface area contributed by atoms with Gasteiger partial charge in [-0.3, -0.25) is 4.90 Å². The van der Waals surface area contributed by atoms with Gasteiger partial charge in [0.25, 0.3) is 0 Å². The highest BCUT2D eigenvalue weighted by Crippen LogP contribution is 2.39. The molecule has 2 aliphatic rings. The molecule has 0 saturated carbocycles. The molecule has 0 bridgehead atoms. The lowest BCUT2D eigenvalue weighted by Gasteiger charge is -2.26. The van der Waals surface area contributed by atoms with Crippen molar-refractivity contribution in [3.63, 3.8) is 0 Å². The molecule has 154 valence electrons. The molecule has 1 saturated heterocycles. The van der Waals surface area contributed by atoms with Crippen molar-refractivity contribution in [3.8, 4) is 11.3 Å². The van der Waals surface area contributed by atoms with Gasteiger partial charge in [-0.1, -0.05) is 24.3 Å². The lowest BCUT2D eigenvalue weighted by molar-refractivity contribution is -0.134. The molecule has 2 heterocycles. The summed E-state index contributed by atoms with van der Waals surface area (Å²) in [5, 5.41) is 16.9. The van der Waals surface area contributed by atoms with Gasteiger partial charge >= 0.3 is 11.9 Å². The Balaban J connectivity index is 0.000000258. The van der Waals surface area contributed by atoms with Gasteiger partial charge in [0.05, 0.1) is 23.9 Å². The molecule has 1 aromatic heterocycles. The van der Waals surface area contributed by atoms with Gasteiger partial charge < -0.3 is 14.9 Å². The number of aliphatic carboxylic acids is 2. The van der Waals surface area contributed by atoms with Gasteiger partial charge in [-0.25, -0.2) is 14.6 Å². The fraction of sp³-hybridized carbons (Fsp3) is 0.381. The van der Waals surface area contributed by atoms with E-state index >= 15 is 0 Å². The molecule has 7 nitrogen and oxygen atoms in total. The Morgan fingerprint density at radius 3 is 2.52 bits per heavy atom. The predicted molar refractivity (Wildman–Crippen MR) is 110 cm³/mol. The normalized spacial score (nSPS) is 15.4. The molecule has 4 rings (SSSR count). The van der Waals surface area contributed by atoms with Crippen molar-refractivity contribution in [3.05, 3.63) is 51.9 Å². The Morgan fingerprint density at radius 1 is 1.14 bits per heavy atom. The Hall–Kier alpha value is -2.55. The highest BCUT2D eigenvalue weighted by molar-refractivity contribution is 7.12. The number of hydrogen-bond donors (Lipinski definition) is 2. The van der Waals surface area contributed by atoms with E-state index in [2.05, 4.69) is 29.2 Å². The number of morpholine rings is 1. The molecule has 0 spiro atoms. The fourth-order valence-corrected chi connectivity index (χ4v) is 4.48. The minimum absolute atomic E-state index is 0.558. The average molecular weight is 416 g/mol. The number of nitrogens with zero attached hydrogens (tertiary/aromatic N) is 2. The SMILES string of the molecule is O=C(O)C=CC(=O)O.c1ccc2c(c1)Cc1sc(CCCN3CCOCC3)nc1-2. The van der Waals surface area contributed by atoms with Crippen molar-refractivity contribution in [1.29, 1.82) is 0 Å². The number of fused-ring (bicyclic) bond motifs is 3. The average Bonchev–Trinajstić information content (AvgIpc) is 3.25. The highest BCUT2D eigenvalue weighted by atomic mass is 32.1. The summed E-state index contributed by atoms with van der Waals surface area (Å²) in [5.41, 5.74) is 4.03. The number of carbonyl (C=O) groups is 2. The largest absolute Gasteiger partial charge is 0.478 e. The maximum atomic E-state index is 9.55. The van der Waals surface area contributed by atoms with Gasteiger partial charge in [-0.15, -0.1) is 11.3 Å². The number of thiazole rings is 1. The van der Waals surface area contributed by atoms with Crippen LogP contribution in [0.3, 0.4) is 0 Å². The maximum absolute atomic E-state index is 9.55. The fourth-order valence-electron chi connectivity index (χ4n) is 3.34. The Labute approximate surface area is 173 Å². The van der Waals surface area contributed by atoms with Crippen LogP contribution in [0.1, 0.15) is 21.9 Å². The number of hydrogen-bond acceptors (Lipinski definition) is 6. The monoisotopic (exact) mass is 416 g/mol. The van der Waals surface area contributed by atoms with Gasteiger partial charge in [-0.2, -0.15) is 0 Å². The van der Waals surface area contributed by atoms with Crippen LogP contribution >= 0.6 is 11.3 Å². The summed E-state index contributed by atoms with van der Waals surface area (Å²) in [5.74, 6) is -2.51. The van der Waals surface area contributed by atoms with E-state index in [0.29, 0.717) is 12.2 Å². The molecule has 2 N–H and O–H groups in total. The number of carboxylic acids is 2. The van der Waals surface area contributed by atoms with Gasteiger partial charge in [0, 0.05) is 48.5 Å². The van der Waals surface area contributed by atoms with Gasteiger partial charge in [0.15, 0.2) is 0 Å². The molecule has 0 unspecified atom stereocenters. The molecule has 0 amide bonds. The summed E-state index contributed by atoms with van der Waals surface area (Å²) < 4.78 is 5.39. The molecule has 0 radical (unpaired) electrons. The van der Waals surface area contributed by atoms with Crippen molar-refractivity contribution >= 4 is 23.3 Å². The first-order valence-corrected chi connectivity index (χ1v) is 10.4. The molecule has 29 heavy (non-hydrogen) atoms. The van der Waals surface area contributed by atoms with Gasteiger partial charge in [-0.05, 0) is 18.5 Å². The van der Waals surface area contributed by atoms with E-state index in [1.165, 1.54) is 39.7 Å². The third-order valence-electron chi connectivity index (χ3n) is 4.70. The topological polar surface area (TPSA) is 100.0 Å². The van der Waals surface area contributed by atoms with Crippen molar-refractivity contribution in [2.75, 3.05) is 32.8 Å². The van der Waals surface area contributed by atoms with Gasteiger partial charge in [0.1, 0.15) is 0 Å². The van der Waals surface area contributed by atoms with E-state index in [1.54, 1.807) is 0 Å². The molecule has 8 heteroatoms. The zero-order valence-corrected chi connectivity index (χ0v) is 16.9. The minimum Gasteiger partial charge on any atom is -0.478 e. The lowest BCUT2D eigenvalue weighted by atomic mass is 10.1. The molecular weight excluding hydrogens is 392 g/mol. The van der Waals surface area contributed by atoms with E-state index in [4.69, 9.17) is 19.9 Å². The number of benzene rings is 1. The number of aromatic nitrogens is 1. The van der Waals surface area contributed by atoms with Crippen molar-refractivity contribution in [2.24, 2.45) is 0 Å². The van der Waals surface area contributed by atoms with Crippen LogP contribution in [0.2, 0.25) is 0 Å². The van der Waals surface area contributed by atoms with Crippen molar-refractivity contribution < 1.29 is 24.5 Å². The number of ether oxygens (including phenoxy) is 1. The van der Waals surface area contributed by atoms with E-state index < -0.39 is 11.9 Å². The van der Waals surface area contributed by atoms with E-state index in [1.807, 2.05) is 11.3 Å². The zero-order valence-electron chi connectivity index (χ0n) is 16.0. The van der Waals surface area contributed by atoms with Crippen LogP contribution in [0.15, 0.2) is 36.4 Å². The Kier molecular flexibility index (Phi) is 7.51. The molecule has 1 aliphatic carbocycles. The third-order valence-corrected chi connectivity index (χ3v) is 5.82. The summed E-state index contributed by atoms with van der Waals surface area (Å²) in [6.45, 7) is 5.12. The minimum atomic E-state index is -1.26. The summed E-state index contributed by atoms with van der Waals surface area (Å²) in [4.78, 5) is 28.0. The number of carboxylic acid groups (broad SMARTS) is 2. The lowest BCUT2D eigenvalue weighted by Crippen LogP contribution is -2.36. The quantitative estimate of drug-likeness (QED) is 0.596. The first-order valence-electron chi connectivity index (χ1n) is 9.54. The van der Waals surface area contributed by atoms with Crippen LogP contribution < -0.4 is 0 Å². The Bertz CT molecular complexity index is 871. The number of rotatable bonds is 6. The van der Waals surface area contributed by atoms with Gasteiger partial charge in [0.2, 0.25) is 0 Å². The van der Waals surface area contributed by atoms with E-state index in [-0.39, 0.29) is 0 Å². The second-order valence-corrected chi connectivity index (χ2v) is 7.95. The summed E-state index contributed by atoms with van der Waals surface area (Å²) in [6, 6.07) is 8.67. The van der Waals surface area contributed by atoms with Crippen LogP contribution in [-0.4, -0.2) is 64.9 Å². The standard InChI is InChI=1S/C17H20N2OS.C4H4O4/c1-2-5-14-13(4-1)12-15-17(14)18-16(21-15)6-3-7-19-8-10-20-11-9-19;5-3(6)1-2-4(7)8/h1-2,4-5H,3,6-12H2;1-2H,(H,5,6)(H,7,8). The van der Waals surface area contributed by atoms with Crippen molar-refractivity contribution in [2.45, 2.75) is 19.3 Å². The zero-order chi connectivity index (χ0) is 20.6. The summed E-state index contributed by atoms with van der Waals surface area (Å²) in [7, 11) is 0. The molecule has 1 fully saturated rings. The van der Waals surface area contributed by atoms with E-state index in [0.717, 1.165) is 39.1 Å². The molecule has 0 atom stereocenters. The Morgan fingerprint density at radius 2 is 1.83 bits per heavy atom. The summed E-state index contributed by atoms with van der Waals surface area (Å²) in [6.07, 6.45) is 4.50. The smallest absolute Gasteiger partial charge is 0.328 e. The second kappa shape index (κ2) is 10.3. The van der Waals surface area contributed by atoms with Crippen LogP contribution in [0.5, 0.6) is 0 Å². The summed E-state index contributed by atoms with van der Waals surface area (Å²) >= 11 is 1.91. The molecule has 1 aromatic carbocycles. The molecule has 1 aliphatic heterocycles.